The Morgan fingerprint density at radius 1 is 1.04 bits per heavy atom. The lowest BCUT2D eigenvalue weighted by molar-refractivity contribution is -0.123. The van der Waals surface area contributed by atoms with Gasteiger partial charge in [-0.15, -0.1) is 12.6 Å². The summed E-state index contributed by atoms with van der Waals surface area (Å²) in [7, 11) is 0. The molecule has 6 heteroatoms. The fraction of sp³-hybridized carbons (Fsp3) is 0.364. The lowest BCUT2D eigenvalue weighted by Crippen LogP contribution is -2.37. The number of rotatable bonds is 7. The summed E-state index contributed by atoms with van der Waals surface area (Å²) < 4.78 is 5.73. The van der Waals surface area contributed by atoms with Crippen molar-refractivity contribution in [2.24, 2.45) is 0 Å². The van der Waals surface area contributed by atoms with Crippen molar-refractivity contribution in [3.63, 3.8) is 0 Å². The molecule has 0 fully saturated rings. The van der Waals surface area contributed by atoms with Gasteiger partial charge in [0, 0.05) is 18.0 Å². The minimum atomic E-state index is -0.232. The van der Waals surface area contributed by atoms with Crippen LogP contribution in [-0.4, -0.2) is 31.5 Å². The number of aryl methyl sites for hydroxylation is 1. The molecule has 2 aromatic rings. The van der Waals surface area contributed by atoms with E-state index in [1.54, 1.807) is 18.2 Å². The lowest BCUT2D eigenvalue weighted by Gasteiger charge is -2.23. The van der Waals surface area contributed by atoms with Crippen LogP contribution in [0.2, 0.25) is 0 Å². The second-order valence-corrected chi connectivity index (χ2v) is 8.14. The summed E-state index contributed by atoms with van der Waals surface area (Å²) in [6.07, 6.45) is 0. The first-order chi connectivity index (χ1) is 13.2. The summed E-state index contributed by atoms with van der Waals surface area (Å²) >= 11 is 4.26. The summed E-state index contributed by atoms with van der Waals surface area (Å²) in [6.45, 7) is 8.94. The van der Waals surface area contributed by atoms with Crippen LogP contribution in [0.1, 0.15) is 42.3 Å². The van der Waals surface area contributed by atoms with Gasteiger partial charge in [0.2, 0.25) is 0 Å². The average molecular weight is 401 g/mol. The number of benzene rings is 2. The molecule has 0 heterocycles. The molecular weight excluding hydrogens is 372 g/mol. The Bertz CT molecular complexity index is 844. The van der Waals surface area contributed by atoms with Gasteiger partial charge in [-0.2, -0.15) is 0 Å². The lowest BCUT2D eigenvalue weighted by atomic mass is 9.85. The molecule has 0 atom stereocenters. The molecule has 0 saturated heterocycles. The maximum atomic E-state index is 12.1. The highest BCUT2D eigenvalue weighted by atomic mass is 32.1. The molecule has 0 aromatic heterocycles. The molecule has 2 N–H and O–H groups in total. The zero-order valence-corrected chi connectivity index (χ0v) is 17.7. The number of hydrogen-bond donors (Lipinski definition) is 3. The summed E-state index contributed by atoms with van der Waals surface area (Å²) in [5.41, 5.74) is 2.65. The Balaban J connectivity index is 1.78. The van der Waals surface area contributed by atoms with E-state index in [1.165, 1.54) is 0 Å². The van der Waals surface area contributed by atoms with Crippen molar-refractivity contribution in [2.75, 3.05) is 19.7 Å². The molecule has 150 valence electrons. The predicted molar refractivity (Wildman–Crippen MR) is 114 cm³/mol. The van der Waals surface area contributed by atoms with Crippen LogP contribution in [0.3, 0.4) is 0 Å². The molecule has 0 aliphatic heterocycles. The van der Waals surface area contributed by atoms with E-state index in [0.29, 0.717) is 29.3 Å². The van der Waals surface area contributed by atoms with E-state index in [-0.39, 0.29) is 23.8 Å². The van der Waals surface area contributed by atoms with Crippen molar-refractivity contribution < 1.29 is 14.3 Å². The minimum Gasteiger partial charge on any atom is -0.483 e. The van der Waals surface area contributed by atoms with Crippen LogP contribution in [0.4, 0.5) is 0 Å². The number of nitrogens with one attached hydrogen (secondary N) is 2. The van der Waals surface area contributed by atoms with Gasteiger partial charge >= 0.3 is 0 Å². The van der Waals surface area contributed by atoms with Crippen LogP contribution < -0.4 is 15.4 Å². The van der Waals surface area contributed by atoms with E-state index in [4.69, 9.17) is 4.74 Å². The van der Waals surface area contributed by atoms with Crippen molar-refractivity contribution in [3.05, 3.63) is 59.2 Å². The van der Waals surface area contributed by atoms with Crippen molar-refractivity contribution >= 4 is 24.4 Å². The maximum Gasteiger partial charge on any atom is 0.258 e. The summed E-state index contributed by atoms with van der Waals surface area (Å²) in [4.78, 5) is 24.8. The highest BCUT2D eigenvalue weighted by Crippen LogP contribution is 2.32. The summed E-state index contributed by atoms with van der Waals surface area (Å²) in [5.74, 6) is 0.266. The monoisotopic (exact) mass is 400 g/mol. The van der Waals surface area contributed by atoms with Gasteiger partial charge in [-0.1, -0.05) is 50.6 Å². The minimum absolute atomic E-state index is 0.0699. The van der Waals surface area contributed by atoms with E-state index in [2.05, 4.69) is 50.1 Å². The molecule has 0 spiro atoms. The standard InChI is InChI=1S/C22H28N2O3S/c1-15-9-10-18(17(13-15)22(2,3)4)27-14-20(25)23-11-12-24-21(26)16-7-5-6-8-19(16)28/h5-10,13,28H,11-12,14H2,1-4H3,(H,23,25)(H,24,26). The molecule has 0 radical (unpaired) electrons. The molecular formula is C22H28N2O3S. The van der Waals surface area contributed by atoms with Crippen molar-refractivity contribution in [1.29, 1.82) is 0 Å². The average Bonchev–Trinajstić information content (AvgIpc) is 2.63. The number of thiol groups is 1. The second-order valence-electron chi connectivity index (χ2n) is 7.66. The molecule has 0 bridgehead atoms. The van der Waals surface area contributed by atoms with Crippen LogP contribution in [-0.2, 0) is 10.2 Å². The summed E-state index contributed by atoms with van der Waals surface area (Å²) in [5, 5.41) is 5.51. The number of ether oxygens (including phenoxy) is 1. The zero-order chi connectivity index (χ0) is 20.7. The summed E-state index contributed by atoms with van der Waals surface area (Å²) in [6, 6.07) is 13.0. The van der Waals surface area contributed by atoms with Gasteiger partial charge in [0.1, 0.15) is 5.75 Å². The first-order valence-electron chi connectivity index (χ1n) is 9.25. The van der Waals surface area contributed by atoms with Crippen LogP contribution in [0.15, 0.2) is 47.4 Å². The number of carbonyl (C=O) groups is 2. The van der Waals surface area contributed by atoms with Crippen molar-refractivity contribution in [2.45, 2.75) is 38.0 Å². The highest BCUT2D eigenvalue weighted by Gasteiger charge is 2.19. The topological polar surface area (TPSA) is 67.4 Å². The van der Waals surface area contributed by atoms with E-state index >= 15 is 0 Å². The number of carbonyl (C=O) groups excluding carboxylic acids is 2. The van der Waals surface area contributed by atoms with Gasteiger partial charge in [0.15, 0.2) is 6.61 Å². The zero-order valence-electron chi connectivity index (χ0n) is 16.8. The third kappa shape index (κ3) is 6.30. The molecule has 2 rings (SSSR count). The van der Waals surface area contributed by atoms with Gasteiger partial charge in [0.05, 0.1) is 5.56 Å². The first-order valence-corrected chi connectivity index (χ1v) is 9.70. The van der Waals surface area contributed by atoms with Gasteiger partial charge in [0.25, 0.3) is 11.8 Å². The molecule has 5 nitrogen and oxygen atoms in total. The molecule has 0 saturated carbocycles. The molecule has 0 unspecified atom stereocenters. The Morgan fingerprint density at radius 2 is 1.71 bits per heavy atom. The Morgan fingerprint density at radius 3 is 2.39 bits per heavy atom. The van der Waals surface area contributed by atoms with E-state index < -0.39 is 0 Å². The number of hydrogen-bond acceptors (Lipinski definition) is 4. The van der Waals surface area contributed by atoms with Crippen LogP contribution >= 0.6 is 12.6 Å². The van der Waals surface area contributed by atoms with E-state index in [0.717, 1.165) is 11.1 Å². The van der Waals surface area contributed by atoms with Gasteiger partial charge < -0.3 is 15.4 Å². The SMILES string of the molecule is Cc1ccc(OCC(=O)NCCNC(=O)c2ccccc2S)c(C(C)(C)C)c1. The van der Waals surface area contributed by atoms with Gasteiger partial charge in [-0.05, 0) is 36.1 Å². The van der Waals surface area contributed by atoms with Crippen LogP contribution in [0.25, 0.3) is 0 Å². The van der Waals surface area contributed by atoms with Crippen molar-refractivity contribution in [3.8, 4) is 5.75 Å². The van der Waals surface area contributed by atoms with E-state index in [9.17, 15) is 9.59 Å². The second kappa shape index (κ2) is 9.64. The molecule has 28 heavy (non-hydrogen) atoms. The smallest absolute Gasteiger partial charge is 0.258 e. The molecule has 2 amide bonds. The number of amides is 2. The Labute approximate surface area is 172 Å². The molecule has 0 aliphatic carbocycles. The van der Waals surface area contributed by atoms with E-state index in [1.807, 2.05) is 25.1 Å². The van der Waals surface area contributed by atoms with Gasteiger partial charge in [-0.25, -0.2) is 0 Å². The van der Waals surface area contributed by atoms with Crippen LogP contribution in [0.5, 0.6) is 5.75 Å². The Kier molecular flexibility index (Phi) is 7.52. The van der Waals surface area contributed by atoms with Crippen molar-refractivity contribution in [1.82, 2.24) is 10.6 Å². The highest BCUT2D eigenvalue weighted by molar-refractivity contribution is 7.80. The van der Waals surface area contributed by atoms with Gasteiger partial charge in [-0.3, -0.25) is 9.59 Å². The third-order valence-electron chi connectivity index (χ3n) is 4.18. The third-order valence-corrected chi connectivity index (χ3v) is 4.57. The fourth-order valence-electron chi connectivity index (χ4n) is 2.69. The first kappa shape index (κ1) is 21.8. The van der Waals surface area contributed by atoms with Crippen LogP contribution in [0, 0.1) is 6.92 Å². The molecule has 0 aliphatic rings. The largest absolute Gasteiger partial charge is 0.483 e. The molecule has 2 aromatic carbocycles. The Hall–Kier alpha value is -2.47. The predicted octanol–water partition coefficient (Wildman–Crippen LogP) is 3.51. The maximum absolute atomic E-state index is 12.1. The fourth-order valence-corrected chi connectivity index (χ4v) is 2.95. The quantitative estimate of drug-likeness (QED) is 0.492. The normalized spacial score (nSPS) is 11.0.